The Balaban J connectivity index is 2.28. The molecule has 0 spiro atoms. The number of carbonyl (C=O) groups excluding carboxylic acids is 1. The number of amides is 1. The first-order valence-electron chi connectivity index (χ1n) is 5.52. The zero-order chi connectivity index (χ0) is 12.1. The number of hydrogen-bond donors (Lipinski definition) is 2. The van der Waals surface area contributed by atoms with Gasteiger partial charge in [-0.3, -0.25) is 9.48 Å². The summed E-state index contributed by atoms with van der Waals surface area (Å²) >= 11 is 0. The third-order valence-corrected chi connectivity index (χ3v) is 2.47. The number of aryl methyl sites for hydroxylation is 1. The van der Waals surface area contributed by atoms with E-state index in [1.54, 1.807) is 4.68 Å². The molecule has 0 fully saturated rings. The number of hydrogen-bond acceptors (Lipinski definition) is 3. The van der Waals surface area contributed by atoms with Crippen LogP contribution in [0.2, 0.25) is 0 Å². The van der Waals surface area contributed by atoms with E-state index in [2.05, 4.69) is 10.4 Å². The molecule has 0 aliphatic rings. The van der Waals surface area contributed by atoms with Crippen LogP contribution >= 0.6 is 0 Å². The molecule has 0 aromatic carbocycles. The first kappa shape index (κ1) is 12.7. The maximum absolute atomic E-state index is 11.5. The average molecular weight is 224 g/mol. The van der Waals surface area contributed by atoms with Crippen LogP contribution in [0.1, 0.15) is 19.5 Å². The molecule has 1 unspecified atom stereocenters. The van der Waals surface area contributed by atoms with Gasteiger partial charge in [-0.25, -0.2) is 0 Å². The number of nitrogens with two attached hydrogens (primary N) is 1. The minimum atomic E-state index is -0.427. The molecule has 0 bridgehead atoms. The molecule has 5 heteroatoms. The Morgan fingerprint density at radius 3 is 2.81 bits per heavy atom. The normalized spacial score (nSPS) is 12.8. The molecular formula is C11H20N4O. The Morgan fingerprint density at radius 1 is 1.62 bits per heavy atom. The van der Waals surface area contributed by atoms with E-state index in [1.165, 1.54) is 0 Å². The molecule has 1 aromatic rings. The van der Waals surface area contributed by atoms with Crippen LogP contribution < -0.4 is 11.1 Å². The van der Waals surface area contributed by atoms with Gasteiger partial charge in [-0.2, -0.15) is 5.10 Å². The predicted molar refractivity (Wildman–Crippen MR) is 62.7 cm³/mol. The molecule has 1 rings (SSSR count). The molecule has 1 amide bonds. The number of carbonyl (C=O) groups is 1. The maximum atomic E-state index is 11.5. The third-order valence-electron chi connectivity index (χ3n) is 2.47. The van der Waals surface area contributed by atoms with Crippen molar-refractivity contribution in [3.8, 4) is 0 Å². The van der Waals surface area contributed by atoms with Gasteiger partial charge in [0.15, 0.2) is 0 Å². The second-order valence-corrected chi connectivity index (χ2v) is 4.29. The molecule has 5 nitrogen and oxygen atoms in total. The van der Waals surface area contributed by atoms with Crippen molar-refractivity contribution < 1.29 is 4.79 Å². The van der Waals surface area contributed by atoms with Crippen molar-refractivity contribution in [3.05, 3.63) is 18.0 Å². The summed E-state index contributed by atoms with van der Waals surface area (Å²) in [4.78, 5) is 11.5. The SMILES string of the molecule is CC(C)C(N)C(=O)NCCc1ccn(C)n1. The Morgan fingerprint density at radius 2 is 2.31 bits per heavy atom. The van der Waals surface area contributed by atoms with Crippen LogP contribution in [0.25, 0.3) is 0 Å². The van der Waals surface area contributed by atoms with Gasteiger partial charge in [0.05, 0.1) is 11.7 Å². The summed E-state index contributed by atoms with van der Waals surface area (Å²) in [5.74, 6) is 0.0702. The first-order valence-corrected chi connectivity index (χ1v) is 5.52. The smallest absolute Gasteiger partial charge is 0.237 e. The highest BCUT2D eigenvalue weighted by atomic mass is 16.2. The minimum absolute atomic E-state index is 0.0917. The molecule has 3 N–H and O–H groups in total. The molecule has 0 aliphatic carbocycles. The van der Waals surface area contributed by atoms with E-state index in [1.807, 2.05) is 33.2 Å². The van der Waals surface area contributed by atoms with Crippen LogP contribution in [-0.2, 0) is 18.3 Å². The van der Waals surface area contributed by atoms with Crippen LogP contribution in [0, 0.1) is 5.92 Å². The largest absolute Gasteiger partial charge is 0.354 e. The highest BCUT2D eigenvalue weighted by Crippen LogP contribution is 1.98. The van der Waals surface area contributed by atoms with Crippen LogP contribution in [-0.4, -0.2) is 28.3 Å². The van der Waals surface area contributed by atoms with Crippen molar-refractivity contribution in [1.29, 1.82) is 0 Å². The lowest BCUT2D eigenvalue weighted by Gasteiger charge is -2.14. The van der Waals surface area contributed by atoms with E-state index in [0.29, 0.717) is 6.54 Å². The lowest BCUT2D eigenvalue weighted by molar-refractivity contribution is -0.123. The van der Waals surface area contributed by atoms with Crippen molar-refractivity contribution in [2.45, 2.75) is 26.3 Å². The quantitative estimate of drug-likeness (QED) is 0.743. The topological polar surface area (TPSA) is 72.9 Å². The predicted octanol–water partition coefficient (Wildman–Crippen LogP) is 0.0621. The fraction of sp³-hybridized carbons (Fsp3) is 0.636. The Labute approximate surface area is 96.0 Å². The molecule has 1 aromatic heterocycles. The number of aromatic nitrogens is 2. The van der Waals surface area contributed by atoms with Gasteiger partial charge in [-0.15, -0.1) is 0 Å². The summed E-state index contributed by atoms with van der Waals surface area (Å²) in [6.45, 7) is 4.45. The molecule has 0 aliphatic heterocycles. The molecular weight excluding hydrogens is 204 g/mol. The van der Waals surface area contributed by atoms with Gasteiger partial charge >= 0.3 is 0 Å². The minimum Gasteiger partial charge on any atom is -0.354 e. The van der Waals surface area contributed by atoms with Gasteiger partial charge in [0, 0.05) is 26.2 Å². The average Bonchev–Trinajstić information content (AvgIpc) is 2.62. The van der Waals surface area contributed by atoms with Gasteiger partial charge in [0.25, 0.3) is 0 Å². The van der Waals surface area contributed by atoms with Crippen LogP contribution in [0.3, 0.4) is 0 Å². The van der Waals surface area contributed by atoms with E-state index >= 15 is 0 Å². The Kier molecular flexibility index (Phi) is 4.49. The van der Waals surface area contributed by atoms with E-state index in [0.717, 1.165) is 12.1 Å². The van der Waals surface area contributed by atoms with E-state index in [-0.39, 0.29) is 11.8 Å². The first-order chi connectivity index (χ1) is 7.50. The highest BCUT2D eigenvalue weighted by Gasteiger charge is 2.16. The summed E-state index contributed by atoms with van der Waals surface area (Å²) in [5, 5.41) is 7.03. The third kappa shape index (κ3) is 3.66. The van der Waals surface area contributed by atoms with Crippen molar-refractivity contribution in [2.75, 3.05) is 6.54 Å². The number of nitrogens with zero attached hydrogens (tertiary/aromatic N) is 2. The molecule has 16 heavy (non-hydrogen) atoms. The van der Waals surface area contributed by atoms with E-state index in [4.69, 9.17) is 5.73 Å². The maximum Gasteiger partial charge on any atom is 0.237 e. The second kappa shape index (κ2) is 5.65. The van der Waals surface area contributed by atoms with Gasteiger partial charge in [-0.1, -0.05) is 13.8 Å². The van der Waals surface area contributed by atoms with Gasteiger partial charge < -0.3 is 11.1 Å². The van der Waals surface area contributed by atoms with Crippen LogP contribution in [0.5, 0.6) is 0 Å². The molecule has 1 atom stereocenters. The summed E-state index contributed by atoms with van der Waals surface area (Å²) in [6.07, 6.45) is 2.62. The Hall–Kier alpha value is -1.36. The zero-order valence-electron chi connectivity index (χ0n) is 10.1. The van der Waals surface area contributed by atoms with Crippen molar-refractivity contribution >= 4 is 5.91 Å². The fourth-order valence-electron chi connectivity index (χ4n) is 1.33. The summed E-state index contributed by atoms with van der Waals surface area (Å²) < 4.78 is 1.75. The molecule has 0 radical (unpaired) electrons. The van der Waals surface area contributed by atoms with E-state index in [9.17, 15) is 4.79 Å². The van der Waals surface area contributed by atoms with Crippen LogP contribution in [0.15, 0.2) is 12.3 Å². The molecule has 0 saturated heterocycles. The molecule has 0 saturated carbocycles. The standard InChI is InChI=1S/C11H20N4O/c1-8(2)10(12)11(16)13-6-4-9-5-7-15(3)14-9/h5,7-8,10H,4,6,12H2,1-3H3,(H,13,16). The second-order valence-electron chi connectivity index (χ2n) is 4.29. The van der Waals surface area contributed by atoms with Crippen molar-refractivity contribution in [3.63, 3.8) is 0 Å². The lowest BCUT2D eigenvalue weighted by Crippen LogP contribution is -2.44. The summed E-state index contributed by atoms with van der Waals surface area (Å²) in [7, 11) is 1.87. The summed E-state index contributed by atoms with van der Waals surface area (Å²) in [6, 6.07) is 1.51. The van der Waals surface area contributed by atoms with Gasteiger partial charge in [-0.05, 0) is 12.0 Å². The number of nitrogens with one attached hydrogen (secondary N) is 1. The monoisotopic (exact) mass is 224 g/mol. The molecule has 1 heterocycles. The lowest BCUT2D eigenvalue weighted by atomic mass is 10.1. The van der Waals surface area contributed by atoms with Crippen molar-refractivity contribution in [1.82, 2.24) is 15.1 Å². The van der Waals surface area contributed by atoms with E-state index < -0.39 is 6.04 Å². The fourth-order valence-corrected chi connectivity index (χ4v) is 1.33. The van der Waals surface area contributed by atoms with Crippen LogP contribution in [0.4, 0.5) is 0 Å². The number of rotatable bonds is 5. The van der Waals surface area contributed by atoms with Gasteiger partial charge in [0.1, 0.15) is 0 Å². The molecule has 90 valence electrons. The zero-order valence-corrected chi connectivity index (χ0v) is 10.1. The van der Waals surface area contributed by atoms with Gasteiger partial charge in [0.2, 0.25) is 5.91 Å². The highest BCUT2D eigenvalue weighted by molar-refractivity contribution is 5.81. The Bertz CT molecular complexity index is 346. The summed E-state index contributed by atoms with van der Waals surface area (Å²) in [5.41, 5.74) is 6.68. The van der Waals surface area contributed by atoms with Crippen molar-refractivity contribution in [2.24, 2.45) is 18.7 Å².